The molecule has 0 aliphatic rings. The molecule has 0 saturated heterocycles. The number of aliphatic imine (C=N–C) groups is 1. The Morgan fingerprint density at radius 2 is 1.83 bits per heavy atom. The Labute approximate surface area is 172 Å². The first-order valence-corrected chi connectivity index (χ1v) is 9.80. The molecular weight excluding hydrogens is 380 g/mol. The Morgan fingerprint density at radius 1 is 1.10 bits per heavy atom. The molecule has 0 amide bonds. The van der Waals surface area contributed by atoms with Gasteiger partial charge in [-0.25, -0.2) is 9.36 Å². The smallest absolute Gasteiger partial charge is 0.335 e. The van der Waals surface area contributed by atoms with Crippen molar-refractivity contribution < 1.29 is 5.11 Å². The summed E-state index contributed by atoms with van der Waals surface area (Å²) >= 11 is 0. The number of aromatic amines is 2. The van der Waals surface area contributed by atoms with Crippen LogP contribution >= 0.6 is 0 Å². The largest absolute Gasteiger partial charge is 0.493 e. The lowest BCUT2D eigenvalue weighted by Crippen LogP contribution is -2.31. The van der Waals surface area contributed by atoms with Gasteiger partial charge in [0, 0.05) is 23.3 Å². The zero-order valence-electron chi connectivity index (χ0n) is 16.5. The van der Waals surface area contributed by atoms with E-state index in [0.29, 0.717) is 12.1 Å². The van der Waals surface area contributed by atoms with Crippen LogP contribution in [-0.2, 0) is 6.42 Å². The van der Waals surface area contributed by atoms with Crippen LogP contribution in [0.15, 0.2) is 75.4 Å². The van der Waals surface area contributed by atoms with Gasteiger partial charge < -0.3 is 10.1 Å². The first-order valence-electron chi connectivity index (χ1n) is 9.80. The monoisotopic (exact) mass is 402 g/mol. The van der Waals surface area contributed by atoms with Crippen molar-refractivity contribution in [3.8, 4) is 11.6 Å². The molecule has 0 fully saturated rings. The highest BCUT2D eigenvalue weighted by Gasteiger charge is 2.15. The number of para-hydroxylation sites is 2. The third-order valence-corrected chi connectivity index (χ3v) is 5.15. The molecule has 2 heterocycles. The molecular formula is C23H22N4O3. The average Bonchev–Trinajstić information content (AvgIpc) is 3.16. The number of fused-ring (bicyclic) bond motifs is 1. The zero-order chi connectivity index (χ0) is 21.1. The molecule has 0 saturated carbocycles. The van der Waals surface area contributed by atoms with E-state index < -0.39 is 17.1 Å². The van der Waals surface area contributed by atoms with Gasteiger partial charge in [-0.1, -0.05) is 43.3 Å². The van der Waals surface area contributed by atoms with Crippen LogP contribution in [0.4, 0.5) is 0 Å². The summed E-state index contributed by atoms with van der Waals surface area (Å²) in [6.45, 7) is 2.02. The Morgan fingerprint density at radius 3 is 2.60 bits per heavy atom. The van der Waals surface area contributed by atoms with E-state index in [0.717, 1.165) is 27.5 Å². The zero-order valence-corrected chi connectivity index (χ0v) is 16.5. The van der Waals surface area contributed by atoms with Gasteiger partial charge in [-0.3, -0.25) is 14.8 Å². The van der Waals surface area contributed by atoms with E-state index >= 15 is 0 Å². The molecule has 1 unspecified atom stereocenters. The van der Waals surface area contributed by atoms with E-state index in [9.17, 15) is 14.7 Å². The molecule has 7 heteroatoms. The normalized spacial score (nSPS) is 12.6. The fourth-order valence-electron chi connectivity index (χ4n) is 3.51. The Hall–Kier alpha value is -3.87. The van der Waals surface area contributed by atoms with Crippen molar-refractivity contribution in [3.05, 3.63) is 92.8 Å². The lowest BCUT2D eigenvalue weighted by molar-refractivity contribution is 0.430. The fraction of sp³-hybridized carbons (Fsp3) is 0.174. The lowest BCUT2D eigenvalue weighted by atomic mass is 10.0. The fourth-order valence-corrected chi connectivity index (χ4v) is 3.51. The summed E-state index contributed by atoms with van der Waals surface area (Å²) in [6.07, 6.45) is 4.78. The second kappa shape index (κ2) is 8.24. The van der Waals surface area contributed by atoms with Crippen LogP contribution in [0.25, 0.3) is 16.6 Å². The maximum Gasteiger partial charge on any atom is 0.335 e. The quantitative estimate of drug-likeness (QED) is 0.432. The van der Waals surface area contributed by atoms with E-state index in [1.165, 1.54) is 6.21 Å². The number of aromatic hydroxyl groups is 1. The molecule has 4 aromatic rings. The van der Waals surface area contributed by atoms with Gasteiger partial charge in [-0.2, -0.15) is 0 Å². The Kier molecular flexibility index (Phi) is 5.34. The summed E-state index contributed by atoms with van der Waals surface area (Å²) in [5.41, 5.74) is 1.24. The van der Waals surface area contributed by atoms with Crippen LogP contribution in [0.2, 0.25) is 0 Å². The van der Waals surface area contributed by atoms with E-state index in [2.05, 4.69) is 21.0 Å². The third kappa shape index (κ3) is 3.69. The average molecular weight is 402 g/mol. The van der Waals surface area contributed by atoms with Crippen LogP contribution in [0.1, 0.15) is 24.5 Å². The molecule has 152 valence electrons. The number of benzene rings is 2. The molecule has 30 heavy (non-hydrogen) atoms. The molecule has 3 N–H and O–H groups in total. The van der Waals surface area contributed by atoms with Gasteiger partial charge in [0.15, 0.2) is 0 Å². The SMILES string of the molecule is CCC(Cc1c[nH]c2ccccc12)N=Cc1c(O)n(-c2ccccc2)c(=O)[nH]c1=O. The van der Waals surface area contributed by atoms with Gasteiger partial charge in [-0.15, -0.1) is 0 Å². The Balaban J connectivity index is 1.67. The first-order chi connectivity index (χ1) is 14.6. The van der Waals surface area contributed by atoms with Gasteiger partial charge >= 0.3 is 5.69 Å². The van der Waals surface area contributed by atoms with E-state index in [1.54, 1.807) is 30.3 Å². The molecule has 0 aliphatic carbocycles. The number of nitrogens with one attached hydrogen (secondary N) is 2. The van der Waals surface area contributed by atoms with Crippen molar-refractivity contribution in [2.24, 2.45) is 4.99 Å². The Bertz CT molecular complexity index is 1320. The van der Waals surface area contributed by atoms with Gasteiger partial charge in [0.05, 0.1) is 11.7 Å². The van der Waals surface area contributed by atoms with Crippen LogP contribution in [0.3, 0.4) is 0 Å². The summed E-state index contributed by atoms with van der Waals surface area (Å²) in [7, 11) is 0. The van der Waals surface area contributed by atoms with Crippen molar-refractivity contribution in [1.29, 1.82) is 0 Å². The first kappa shape index (κ1) is 19.4. The minimum Gasteiger partial charge on any atom is -0.493 e. The van der Waals surface area contributed by atoms with E-state index in [-0.39, 0.29) is 11.6 Å². The number of H-pyrrole nitrogens is 2. The molecule has 0 spiro atoms. The van der Waals surface area contributed by atoms with Crippen molar-refractivity contribution in [3.63, 3.8) is 0 Å². The molecule has 2 aromatic heterocycles. The van der Waals surface area contributed by atoms with Gasteiger partial charge in [0.2, 0.25) is 5.88 Å². The molecule has 1 atom stereocenters. The number of hydrogen-bond acceptors (Lipinski definition) is 4. The molecule has 7 nitrogen and oxygen atoms in total. The van der Waals surface area contributed by atoms with Crippen molar-refractivity contribution in [2.45, 2.75) is 25.8 Å². The maximum atomic E-state index is 12.3. The van der Waals surface area contributed by atoms with Gasteiger partial charge in [0.1, 0.15) is 5.56 Å². The number of aromatic nitrogens is 3. The van der Waals surface area contributed by atoms with Crippen LogP contribution < -0.4 is 11.2 Å². The molecule has 0 bridgehead atoms. The number of hydrogen-bond donors (Lipinski definition) is 3. The van der Waals surface area contributed by atoms with E-state index in [1.807, 2.05) is 31.3 Å². The molecule has 0 radical (unpaired) electrons. The minimum atomic E-state index is -0.702. The van der Waals surface area contributed by atoms with Crippen LogP contribution in [-0.4, -0.2) is 31.9 Å². The molecule has 0 aliphatic heterocycles. The second-order valence-electron chi connectivity index (χ2n) is 7.07. The molecule has 4 rings (SSSR count). The summed E-state index contributed by atoms with van der Waals surface area (Å²) in [5, 5.41) is 11.8. The standard InChI is InChI=1S/C23H22N4O3/c1-2-16(12-15-13-25-20-11-7-6-10-18(15)20)24-14-19-21(28)26-23(30)27(22(19)29)17-8-4-3-5-9-17/h3-11,13-14,16,25,29H,2,12H2,1H3,(H,26,28,30). The van der Waals surface area contributed by atoms with Gasteiger partial charge in [-0.05, 0) is 36.6 Å². The highest BCUT2D eigenvalue weighted by Crippen LogP contribution is 2.21. The van der Waals surface area contributed by atoms with E-state index in [4.69, 9.17) is 0 Å². The van der Waals surface area contributed by atoms with Crippen molar-refractivity contribution in [2.75, 3.05) is 0 Å². The van der Waals surface area contributed by atoms with Crippen molar-refractivity contribution in [1.82, 2.24) is 14.5 Å². The minimum absolute atomic E-state index is 0.0455. The maximum absolute atomic E-state index is 12.3. The van der Waals surface area contributed by atoms with Crippen LogP contribution in [0.5, 0.6) is 5.88 Å². The third-order valence-electron chi connectivity index (χ3n) is 5.15. The van der Waals surface area contributed by atoms with Crippen LogP contribution in [0, 0.1) is 0 Å². The topological polar surface area (TPSA) is 103 Å². The predicted molar refractivity (Wildman–Crippen MR) is 118 cm³/mol. The van der Waals surface area contributed by atoms with Gasteiger partial charge in [0.25, 0.3) is 5.56 Å². The summed E-state index contributed by atoms with van der Waals surface area (Å²) in [5.74, 6) is -0.430. The number of nitrogens with zero attached hydrogens (tertiary/aromatic N) is 2. The lowest BCUT2D eigenvalue weighted by Gasteiger charge is -2.11. The highest BCUT2D eigenvalue weighted by molar-refractivity contribution is 5.84. The number of rotatable bonds is 6. The summed E-state index contributed by atoms with van der Waals surface area (Å²) in [4.78, 5) is 34.6. The summed E-state index contributed by atoms with van der Waals surface area (Å²) < 4.78 is 1.06. The highest BCUT2D eigenvalue weighted by atomic mass is 16.3. The predicted octanol–water partition coefficient (Wildman–Crippen LogP) is 3.15. The second-order valence-corrected chi connectivity index (χ2v) is 7.07. The molecule has 2 aromatic carbocycles. The summed E-state index contributed by atoms with van der Waals surface area (Å²) in [6, 6.07) is 16.6. The van der Waals surface area contributed by atoms with Crippen molar-refractivity contribution >= 4 is 17.1 Å².